The molecule has 1 atom stereocenters. The van der Waals surface area contributed by atoms with E-state index in [1.54, 1.807) is 17.0 Å². The van der Waals surface area contributed by atoms with Crippen molar-refractivity contribution in [2.75, 3.05) is 19.7 Å². The summed E-state index contributed by atoms with van der Waals surface area (Å²) in [7, 11) is 0. The van der Waals surface area contributed by atoms with Crippen LogP contribution < -0.4 is 0 Å². The van der Waals surface area contributed by atoms with Crippen molar-refractivity contribution >= 4 is 17.5 Å². The van der Waals surface area contributed by atoms with E-state index in [-0.39, 0.29) is 28.9 Å². The lowest BCUT2D eigenvalue weighted by Gasteiger charge is -2.42. The molecule has 0 spiro atoms. The van der Waals surface area contributed by atoms with Crippen molar-refractivity contribution < 1.29 is 18.7 Å². The smallest absolute Gasteiger partial charge is 0.255 e. The molecule has 3 rings (SSSR count). The number of hydrogen-bond donors (Lipinski definition) is 1. The van der Waals surface area contributed by atoms with Crippen LogP contribution in [0.15, 0.2) is 42.5 Å². The summed E-state index contributed by atoms with van der Waals surface area (Å²) in [5.74, 6) is -1.07. The van der Waals surface area contributed by atoms with Gasteiger partial charge in [0.1, 0.15) is 11.6 Å². The number of likely N-dealkylation sites (tertiary alicyclic amines) is 1. The van der Waals surface area contributed by atoms with Crippen LogP contribution in [-0.4, -0.2) is 35.6 Å². The van der Waals surface area contributed by atoms with E-state index in [4.69, 9.17) is 11.6 Å². The van der Waals surface area contributed by atoms with Crippen molar-refractivity contribution in [3.05, 3.63) is 70.2 Å². The van der Waals surface area contributed by atoms with Crippen LogP contribution in [0.2, 0.25) is 5.02 Å². The zero-order valence-corrected chi connectivity index (χ0v) is 15.0. The number of amides is 1. The van der Waals surface area contributed by atoms with Gasteiger partial charge >= 0.3 is 0 Å². The van der Waals surface area contributed by atoms with Gasteiger partial charge in [-0.2, -0.15) is 0 Å². The first-order valence-electron chi connectivity index (χ1n) is 8.52. The van der Waals surface area contributed by atoms with E-state index in [0.29, 0.717) is 19.5 Å². The normalized spacial score (nSPS) is 20.2. The topological polar surface area (TPSA) is 40.5 Å². The minimum absolute atomic E-state index is 0.0775. The van der Waals surface area contributed by atoms with Crippen LogP contribution in [0.1, 0.15) is 28.8 Å². The molecular weight excluding hydrogens is 360 g/mol. The first-order chi connectivity index (χ1) is 12.4. The predicted octanol–water partition coefficient (Wildman–Crippen LogP) is 4.08. The Bertz CT molecular complexity index is 797. The molecule has 0 aliphatic carbocycles. The molecule has 0 radical (unpaired) electrons. The minimum atomic E-state index is -0.494. The highest BCUT2D eigenvalue weighted by molar-refractivity contribution is 6.33. The maximum absolute atomic E-state index is 13.2. The largest absolute Gasteiger partial charge is 0.396 e. The number of carbonyl (C=O) groups excluding carboxylic acids is 1. The maximum atomic E-state index is 13.2. The van der Waals surface area contributed by atoms with Gasteiger partial charge in [0.2, 0.25) is 0 Å². The molecule has 0 bridgehead atoms. The van der Waals surface area contributed by atoms with Gasteiger partial charge in [0.25, 0.3) is 5.91 Å². The van der Waals surface area contributed by atoms with Crippen molar-refractivity contribution in [3.63, 3.8) is 0 Å². The fourth-order valence-electron chi connectivity index (χ4n) is 3.58. The fraction of sp³-hybridized carbons (Fsp3) is 0.350. The lowest BCUT2D eigenvalue weighted by atomic mass is 9.75. The SMILES string of the molecule is O=C(c1ccc(F)cc1Cl)N1CCCC(CO)(Cc2ccc(F)cc2)C1. The predicted molar refractivity (Wildman–Crippen MR) is 96.2 cm³/mol. The minimum Gasteiger partial charge on any atom is -0.396 e. The Morgan fingerprint density at radius 1 is 1.15 bits per heavy atom. The number of benzene rings is 2. The van der Waals surface area contributed by atoms with Gasteiger partial charge in [-0.15, -0.1) is 0 Å². The van der Waals surface area contributed by atoms with Gasteiger partial charge in [0, 0.05) is 18.5 Å². The van der Waals surface area contributed by atoms with E-state index in [1.165, 1.54) is 24.3 Å². The molecule has 3 nitrogen and oxygen atoms in total. The molecule has 1 unspecified atom stereocenters. The van der Waals surface area contributed by atoms with Crippen LogP contribution in [0.5, 0.6) is 0 Å². The van der Waals surface area contributed by atoms with E-state index >= 15 is 0 Å². The summed E-state index contributed by atoms with van der Waals surface area (Å²) < 4.78 is 26.4. The number of hydrogen-bond acceptors (Lipinski definition) is 2. The standard InChI is InChI=1S/C20H20ClF2NO2/c21-18-10-16(23)6-7-17(18)19(26)24-9-1-8-20(12-24,13-25)11-14-2-4-15(22)5-3-14/h2-7,10,25H,1,8-9,11-13H2. The van der Waals surface area contributed by atoms with E-state index < -0.39 is 11.2 Å². The molecule has 0 aromatic heterocycles. The second-order valence-corrected chi connectivity index (χ2v) is 7.32. The zero-order valence-electron chi connectivity index (χ0n) is 14.2. The second kappa shape index (κ2) is 7.72. The zero-order chi connectivity index (χ0) is 18.7. The van der Waals surface area contributed by atoms with Crippen LogP contribution in [0.25, 0.3) is 0 Å². The summed E-state index contributed by atoms with van der Waals surface area (Å²) in [6, 6.07) is 9.90. The van der Waals surface area contributed by atoms with Crippen molar-refractivity contribution in [2.24, 2.45) is 5.41 Å². The van der Waals surface area contributed by atoms with Crippen LogP contribution in [0.3, 0.4) is 0 Å². The summed E-state index contributed by atoms with van der Waals surface area (Å²) in [5.41, 5.74) is 0.677. The summed E-state index contributed by atoms with van der Waals surface area (Å²) >= 11 is 6.02. The van der Waals surface area contributed by atoms with Gasteiger partial charge in [-0.3, -0.25) is 4.79 Å². The Morgan fingerprint density at radius 2 is 1.85 bits per heavy atom. The van der Waals surface area contributed by atoms with Gasteiger partial charge in [0.05, 0.1) is 17.2 Å². The summed E-state index contributed by atoms with van der Waals surface area (Å²) in [5, 5.41) is 10.1. The Balaban J connectivity index is 1.79. The van der Waals surface area contributed by atoms with Crippen molar-refractivity contribution in [2.45, 2.75) is 19.3 Å². The lowest BCUT2D eigenvalue weighted by molar-refractivity contribution is 0.0272. The molecule has 1 N–H and O–H groups in total. The first kappa shape index (κ1) is 18.8. The van der Waals surface area contributed by atoms with Crippen molar-refractivity contribution in [1.82, 2.24) is 4.90 Å². The summed E-state index contributed by atoms with van der Waals surface area (Å²) in [4.78, 5) is 14.5. The highest BCUT2D eigenvalue weighted by Crippen LogP contribution is 2.34. The Morgan fingerprint density at radius 3 is 2.50 bits per heavy atom. The molecule has 1 aliphatic rings. The maximum Gasteiger partial charge on any atom is 0.255 e. The Kier molecular flexibility index (Phi) is 5.58. The molecule has 1 saturated heterocycles. The molecule has 2 aromatic rings. The van der Waals surface area contributed by atoms with Crippen LogP contribution in [-0.2, 0) is 6.42 Å². The molecule has 6 heteroatoms. The molecule has 1 fully saturated rings. The lowest BCUT2D eigenvalue weighted by Crippen LogP contribution is -2.49. The number of aliphatic hydroxyl groups is 1. The van der Waals surface area contributed by atoms with Gasteiger partial charge in [-0.25, -0.2) is 8.78 Å². The molecule has 0 saturated carbocycles. The number of nitrogens with zero attached hydrogens (tertiary/aromatic N) is 1. The average molecular weight is 380 g/mol. The Hall–Kier alpha value is -1.98. The van der Waals surface area contributed by atoms with Crippen LogP contribution in [0.4, 0.5) is 8.78 Å². The van der Waals surface area contributed by atoms with E-state index in [9.17, 15) is 18.7 Å². The van der Waals surface area contributed by atoms with Gasteiger partial charge in [-0.1, -0.05) is 23.7 Å². The Labute approximate surface area is 156 Å². The summed E-state index contributed by atoms with van der Waals surface area (Å²) in [6.45, 7) is 0.844. The quantitative estimate of drug-likeness (QED) is 0.869. The van der Waals surface area contributed by atoms with Crippen LogP contribution >= 0.6 is 11.6 Å². The number of aliphatic hydroxyl groups excluding tert-OH is 1. The molecule has 1 heterocycles. The van der Waals surface area contributed by atoms with Gasteiger partial charge < -0.3 is 10.0 Å². The highest BCUT2D eigenvalue weighted by atomic mass is 35.5. The van der Waals surface area contributed by atoms with E-state index in [2.05, 4.69) is 0 Å². The number of rotatable bonds is 4. The molecule has 26 heavy (non-hydrogen) atoms. The number of halogens is 3. The van der Waals surface area contributed by atoms with Crippen molar-refractivity contribution in [3.8, 4) is 0 Å². The van der Waals surface area contributed by atoms with Crippen LogP contribution in [0, 0.1) is 17.0 Å². The van der Waals surface area contributed by atoms with Gasteiger partial charge in [0.15, 0.2) is 0 Å². The number of carbonyl (C=O) groups is 1. The summed E-state index contributed by atoms with van der Waals surface area (Å²) in [6.07, 6.45) is 2.05. The fourth-order valence-corrected chi connectivity index (χ4v) is 3.83. The molecule has 2 aromatic carbocycles. The van der Waals surface area contributed by atoms with E-state index in [1.807, 2.05) is 0 Å². The molecular formula is C20H20ClF2NO2. The average Bonchev–Trinajstić information content (AvgIpc) is 2.63. The van der Waals surface area contributed by atoms with E-state index in [0.717, 1.165) is 24.5 Å². The number of piperidine rings is 1. The second-order valence-electron chi connectivity index (χ2n) is 6.92. The molecule has 1 aliphatic heterocycles. The highest BCUT2D eigenvalue weighted by Gasteiger charge is 2.37. The third kappa shape index (κ3) is 4.05. The molecule has 138 valence electrons. The third-order valence-corrected chi connectivity index (χ3v) is 5.25. The third-order valence-electron chi connectivity index (χ3n) is 4.94. The van der Waals surface area contributed by atoms with Gasteiger partial charge in [-0.05, 0) is 55.2 Å². The first-order valence-corrected chi connectivity index (χ1v) is 8.90. The van der Waals surface area contributed by atoms with Crippen molar-refractivity contribution in [1.29, 1.82) is 0 Å². The molecule has 1 amide bonds. The monoisotopic (exact) mass is 379 g/mol.